The number of hydrogen-bond acceptors (Lipinski definition) is 4. The molecule has 5 nitrogen and oxygen atoms in total. The molecule has 0 amide bonds. The van der Waals surface area contributed by atoms with Crippen LogP contribution >= 0.6 is 0 Å². The van der Waals surface area contributed by atoms with Crippen LogP contribution in [0.25, 0.3) is 0 Å². The van der Waals surface area contributed by atoms with Gasteiger partial charge in [0.2, 0.25) is 0 Å². The minimum atomic E-state index is -1.25. The van der Waals surface area contributed by atoms with E-state index in [0.29, 0.717) is 0 Å². The second kappa shape index (κ2) is 9.37. The monoisotopic (exact) mass is 221 g/mol. The Hall–Kier alpha value is 0.995. The molecule has 0 aromatic carbocycles. The van der Waals surface area contributed by atoms with Crippen molar-refractivity contribution in [1.29, 1.82) is 0 Å². The summed E-state index contributed by atoms with van der Waals surface area (Å²) in [6.45, 7) is 0. The van der Waals surface area contributed by atoms with Crippen LogP contribution < -0.4 is 0 Å². The Balaban J connectivity index is -0.0000000450. The van der Waals surface area contributed by atoms with Gasteiger partial charge in [-0.15, -0.1) is 5.39 Å². The molecule has 1 radical (unpaired) electrons. The summed E-state index contributed by atoms with van der Waals surface area (Å²) in [6, 6.07) is 0. The quantitative estimate of drug-likeness (QED) is 0.498. The Bertz CT molecular complexity index is 12.3. The smallest absolute Gasteiger partial charge is 0 e. The molecule has 6 heavy (non-hydrogen) atoms. The summed E-state index contributed by atoms with van der Waals surface area (Å²) in [4.78, 5) is 0. The first kappa shape index (κ1) is 15.8. The molecule has 0 aliphatic carbocycles. The normalized spacial score (nSPS) is 6.00. The van der Waals surface area contributed by atoms with Crippen LogP contribution in [0.2, 0.25) is 0 Å². The third-order valence-corrected chi connectivity index (χ3v) is 0. The van der Waals surface area contributed by atoms with Gasteiger partial charge in [-0.2, -0.15) is 0 Å². The van der Waals surface area contributed by atoms with Gasteiger partial charge in [0, 0.05) is 35.6 Å². The van der Waals surface area contributed by atoms with Crippen LogP contribution in [-0.2, 0) is 0 Å². The maximum absolute atomic E-state index is 8.47. The Morgan fingerprint density at radius 2 is 1.33 bits per heavy atom. The van der Waals surface area contributed by atoms with Crippen LogP contribution in [0.4, 0.5) is 0 Å². The Morgan fingerprint density at radius 1 is 1.33 bits per heavy atom. The second-order valence-electron chi connectivity index (χ2n) is 0.253. The van der Waals surface area contributed by atoms with Crippen molar-refractivity contribution >= 4 is 0 Å². The van der Waals surface area contributed by atoms with E-state index in [0.717, 1.165) is 0 Å². The van der Waals surface area contributed by atoms with Crippen molar-refractivity contribution in [2.24, 2.45) is 0 Å². The fourth-order valence-electron chi connectivity index (χ4n) is 0. The molecule has 0 bridgehead atoms. The van der Waals surface area contributed by atoms with Crippen molar-refractivity contribution in [1.82, 2.24) is 5.39 Å². The van der Waals surface area contributed by atoms with Crippen LogP contribution in [0.1, 0.15) is 0 Å². The molecule has 0 aromatic rings. The first-order valence-electron chi connectivity index (χ1n) is 0.583. The van der Waals surface area contributed by atoms with E-state index >= 15 is 0 Å². The van der Waals surface area contributed by atoms with Gasteiger partial charge < -0.3 is 21.1 Å². The zero-order valence-electron chi connectivity index (χ0n) is 2.83. The third-order valence-electron chi connectivity index (χ3n) is 0. The Kier molecular flexibility index (Phi) is 24.6. The van der Waals surface area contributed by atoms with Crippen LogP contribution in [0.15, 0.2) is 0 Å². The second-order valence-corrected chi connectivity index (χ2v) is 0.253. The van der Waals surface area contributed by atoms with Crippen LogP contribution in [0.3, 0.4) is 0 Å². The maximum atomic E-state index is 8.47. The first-order chi connectivity index (χ1) is 1.73. The van der Waals surface area contributed by atoms with Gasteiger partial charge in [0.25, 0.3) is 0 Å². The molecule has 0 aliphatic heterocycles. The molecule has 0 aliphatic rings. The number of rotatable bonds is 0. The summed E-state index contributed by atoms with van der Waals surface area (Å²) in [7, 11) is 0. The molecule has 0 saturated heterocycles. The Labute approximate surface area is 62.0 Å². The topological polar surface area (TPSA) is 98.3 Å². The molecule has 4 N–H and O–H groups in total. The fourth-order valence-corrected chi connectivity index (χ4v) is 0. The van der Waals surface area contributed by atoms with Crippen molar-refractivity contribution < 1.29 is 51.5 Å². The molecule has 0 saturated carbocycles. The van der Waals surface area contributed by atoms with Gasteiger partial charge >= 0.3 is 0 Å². The molecule has 6 heteroatoms. The van der Waals surface area contributed by atoms with Crippen LogP contribution in [0, 0.1) is 40.8 Å². The van der Waals surface area contributed by atoms with Gasteiger partial charge in [0.15, 0.2) is 0 Å². The number of nitrogens with zero attached hydrogens (tertiary/aromatic N) is 1. The van der Waals surface area contributed by atoms with Crippen LogP contribution in [0.5, 0.6) is 0 Å². The van der Waals surface area contributed by atoms with Crippen LogP contribution in [-0.4, -0.2) is 21.3 Å². The maximum Gasteiger partial charge on any atom is 0 e. The van der Waals surface area contributed by atoms with Crippen molar-refractivity contribution in [2.75, 3.05) is 0 Å². The molecule has 0 aromatic heterocycles. The van der Waals surface area contributed by atoms with E-state index < -0.39 is 5.39 Å². The van der Waals surface area contributed by atoms with Gasteiger partial charge in [-0.1, -0.05) is 0 Å². The standard InChI is InChI=1S/La.H2NO3.H2O/c;2-1(3)4;/h;2-3H;1H2/q;-1;. The molecular weight excluding hydrogens is 217 g/mol. The van der Waals surface area contributed by atoms with Gasteiger partial charge in [0.1, 0.15) is 0 Å². The zero-order chi connectivity index (χ0) is 3.58. The summed E-state index contributed by atoms with van der Waals surface area (Å²) in [5.74, 6) is 0. The fraction of sp³-hybridized carbons (Fsp3) is 0. The predicted molar refractivity (Wildman–Crippen MR) is 12.4 cm³/mol. The van der Waals surface area contributed by atoms with Gasteiger partial charge in [-0.05, 0) is 0 Å². The summed E-state index contributed by atoms with van der Waals surface area (Å²) >= 11 is 0. The van der Waals surface area contributed by atoms with E-state index in [1.807, 2.05) is 0 Å². The number of hydrogen-bond donors (Lipinski definition) is 2. The summed E-state index contributed by atoms with van der Waals surface area (Å²) in [5, 5.41) is 21.0. The summed E-state index contributed by atoms with van der Waals surface area (Å²) in [6.07, 6.45) is 0. The van der Waals surface area contributed by atoms with Gasteiger partial charge in [-0.3, -0.25) is 0 Å². The predicted octanol–water partition coefficient (Wildman–Crippen LogP) is -1.26. The first-order valence-corrected chi connectivity index (χ1v) is 0.583. The average molecular weight is 221 g/mol. The van der Waals surface area contributed by atoms with E-state index in [-0.39, 0.29) is 41.1 Å². The molecule has 0 atom stereocenters. The summed E-state index contributed by atoms with van der Waals surface area (Å²) < 4.78 is 0. The van der Waals surface area contributed by atoms with Crippen molar-refractivity contribution in [3.8, 4) is 0 Å². The van der Waals surface area contributed by atoms with Gasteiger partial charge in [0.05, 0.1) is 0 Å². The van der Waals surface area contributed by atoms with E-state index in [1.165, 1.54) is 0 Å². The van der Waals surface area contributed by atoms with E-state index in [2.05, 4.69) is 0 Å². The van der Waals surface area contributed by atoms with Crippen molar-refractivity contribution in [2.45, 2.75) is 0 Å². The van der Waals surface area contributed by atoms with Crippen molar-refractivity contribution in [3.63, 3.8) is 0 Å². The van der Waals surface area contributed by atoms with Gasteiger partial charge in [-0.25, -0.2) is 0 Å². The third kappa shape index (κ3) is 80.5. The molecule has 37 valence electrons. The average Bonchev–Trinajstić information content (AvgIpc) is 0.811. The zero-order valence-corrected chi connectivity index (χ0v) is 6.45. The minimum absolute atomic E-state index is 0. The van der Waals surface area contributed by atoms with E-state index in [4.69, 9.17) is 15.6 Å². The largest absolute Gasteiger partial charge is 0.738 e. The summed E-state index contributed by atoms with van der Waals surface area (Å²) in [5.41, 5.74) is 0. The van der Waals surface area contributed by atoms with E-state index in [9.17, 15) is 0 Å². The molecule has 0 spiro atoms. The SMILES string of the molecule is O.[La].[O-]N(O)O. The molecular formula is H4LaNO4-. The molecule has 0 unspecified atom stereocenters. The minimum Gasteiger partial charge on any atom is -0.738 e. The molecule has 0 fully saturated rings. The Morgan fingerprint density at radius 3 is 1.33 bits per heavy atom. The van der Waals surface area contributed by atoms with E-state index in [1.54, 1.807) is 0 Å². The van der Waals surface area contributed by atoms with Crippen molar-refractivity contribution in [3.05, 3.63) is 5.21 Å². The molecule has 0 rings (SSSR count). The molecule has 0 heterocycles.